The fraction of sp³-hybridized carbons (Fsp3) is 0.786. The number of hydrogen-bond donors (Lipinski definition) is 1. The van der Waals surface area contributed by atoms with E-state index in [0.717, 1.165) is 50.6 Å². The van der Waals surface area contributed by atoms with Crippen LogP contribution in [-0.2, 0) is 16.1 Å². The summed E-state index contributed by atoms with van der Waals surface area (Å²) in [5, 5.41) is 15.3. The van der Waals surface area contributed by atoms with Crippen molar-refractivity contribution in [2.45, 2.75) is 83.8 Å². The van der Waals surface area contributed by atoms with E-state index in [1.165, 1.54) is 19.3 Å². The number of rotatable bonds is 5. The first-order chi connectivity index (χ1) is 16.8. The summed E-state index contributed by atoms with van der Waals surface area (Å²) in [6.07, 6.45) is 14.9. The summed E-state index contributed by atoms with van der Waals surface area (Å²) in [6.45, 7) is 5.56. The zero-order valence-electron chi connectivity index (χ0n) is 21.4. The highest BCUT2D eigenvalue weighted by molar-refractivity contribution is 5.82. The van der Waals surface area contributed by atoms with E-state index < -0.39 is 5.60 Å². The summed E-state index contributed by atoms with van der Waals surface area (Å²) < 4.78 is 7.63. The quantitative estimate of drug-likeness (QED) is 0.681. The van der Waals surface area contributed by atoms with E-state index in [9.17, 15) is 9.90 Å². The minimum Gasteiger partial charge on any atom is -0.390 e. The number of aromatic nitrogens is 4. The highest BCUT2D eigenvalue weighted by Crippen LogP contribution is 2.68. The summed E-state index contributed by atoms with van der Waals surface area (Å²) in [5.41, 5.74) is 1.07. The average Bonchev–Trinajstić information content (AvgIpc) is 3.39. The molecule has 0 saturated heterocycles. The number of fused-ring (bicyclic) bond motifs is 6. The minimum atomic E-state index is -0.537. The van der Waals surface area contributed by atoms with Gasteiger partial charge in [-0.25, -0.2) is 9.97 Å². The molecule has 0 radical (unpaired) electrons. The molecule has 2 aromatic heterocycles. The number of ether oxygens (including phenoxy) is 1. The monoisotopic (exact) mass is 480 g/mol. The second-order valence-corrected chi connectivity index (χ2v) is 12.8. The number of nitrogens with zero attached hydrogens (tertiary/aromatic N) is 4. The summed E-state index contributed by atoms with van der Waals surface area (Å²) >= 11 is 0. The Bertz CT molecular complexity index is 1080. The maximum Gasteiger partial charge on any atom is 0.199 e. The van der Waals surface area contributed by atoms with Crippen LogP contribution >= 0.6 is 0 Å². The van der Waals surface area contributed by atoms with Gasteiger partial charge in [-0.15, -0.1) is 0 Å². The van der Waals surface area contributed by atoms with Gasteiger partial charge in [0.15, 0.2) is 11.4 Å². The molecule has 4 saturated carbocycles. The third-order valence-electron chi connectivity index (χ3n) is 11.0. The van der Waals surface area contributed by atoms with Crippen molar-refractivity contribution < 1.29 is 14.6 Å². The molecule has 0 spiro atoms. The zero-order valence-corrected chi connectivity index (χ0v) is 21.4. The second-order valence-electron chi connectivity index (χ2n) is 12.8. The summed E-state index contributed by atoms with van der Waals surface area (Å²) in [6, 6.07) is 0. The Morgan fingerprint density at radius 2 is 1.91 bits per heavy atom. The molecule has 4 aliphatic rings. The number of carbonyl (C=O) groups excluding carboxylic acids is 1. The molecule has 4 fully saturated rings. The Balaban J connectivity index is 1.23. The van der Waals surface area contributed by atoms with Gasteiger partial charge in [-0.05, 0) is 99.2 Å². The Kier molecular flexibility index (Phi) is 5.61. The molecule has 7 heteroatoms. The first kappa shape index (κ1) is 23.5. The Hall–Kier alpha value is -1.86. The smallest absolute Gasteiger partial charge is 0.199 e. The van der Waals surface area contributed by atoms with E-state index in [2.05, 4.69) is 22.0 Å². The third kappa shape index (κ3) is 3.67. The predicted molar refractivity (Wildman–Crippen MR) is 132 cm³/mol. The fourth-order valence-electron chi connectivity index (χ4n) is 9.46. The molecule has 2 aromatic rings. The summed E-state index contributed by atoms with van der Waals surface area (Å²) in [7, 11) is 1.85. The number of carbonyl (C=O) groups is 1. The van der Waals surface area contributed by atoms with Crippen molar-refractivity contribution in [3.8, 4) is 0 Å². The van der Waals surface area contributed by atoms with Crippen molar-refractivity contribution in [3.63, 3.8) is 0 Å². The molecule has 2 heterocycles. The molecule has 7 nitrogen and oxygen atoms in total. The molecule has 8 unspecified atom stereocenters. The zero-order chi connectivity index (χ0) is 24.4. The average molecular weight is 481 g/mol. The van der Waals surface area contributed by atoms with E-state index >= 15 is 0 Å². The molecule has 4 aliphatic carbocycles. The van der Waals surface area contributed by atoms with Gasteiger partial charge in [-0.3, -0.25) is 9.48 Å². The molecule has 0 amide bonds. The largest absolute Gasteiger partial charge is 0.390 e. The minimum absolute atomic E-state index is 0.0720. The van der Waals surface area contributed by atoms with Crippen LogP contribution in [0, 0.1) is 40.4 Å². The van der Waals surface area contributed by atoms with Crippen molar-refractivity contribution in [1.29, 1.82) is 0 Å². The number of aliphatic hydroxyl groups is 1. The molecule has 0 aromatic carbocycles. The first-order valence-corrected chi connectivity index (χ1v) is 13.6. The molecule has 6 rings (SSSR count). The lowest BCUT2D eigenvalue weighted by Gasteiger charge is -2.62. The summed E-state index contributed by atoms with van der Waals surface area (Å²) in [5.74, 6) is 2.89. The molecular formula is C28H40N4O3. The molecule has 35 heavy (non-hydrogen) atoms. The normalized spacial score (nSPS) is 42.9. The number of methoxy groups -OCH3 is 1. The summed E-state index contributed by atoms with van der Waals surface area (Å²) in [4.78, 5) is 22.2. The Morgan fingerprint density at radius 3 is 2.71 bits per heavy atom. The lowest BCUT2D eigenvalue weighted by molar-refractivity contribution is -0.175. The third-order valence-corrected chi connectivity index (χ3v) is 11.0. The Morgan fingerprint density at radius 1 is 1.09 bits per heavy atom. The molecule has 0 aliphatic heterocycles. The predicted octanol–water partition coefficient (Wildman–Crippen LogP) is 4.43. The number of Topliss-reactive ketones (excluding diaryl/α,β-unsaturated/α-hetero) is 1. The topological polar surface area (TPSA) is 90.1 Å². The van der Waals surface area contributed by atoms with Gasteiger partial charge in [0.05, 0.1) is 24.9 Å². The van der Waals surface area contributed by atoms with Crippen LogP contribution in [0.15, 0.2) is 18.6 Å². The van der Waals surface area contributed by atoms with Crippen LogP contribution in [0.2, 0.25) is 0 Å². The fourth-order valence-corrected chi connectivity index (χ4v) is 9.46. The molecular weight excluding hydrogens is 440 g/mol. The van der Waals surface area contributed by atoms with Crippen molar-refractivity contribution in [2.24, 2.45) is 40.4 Å². The van der Waals surface area contributed by atoms with Gasteiger partial charge in [0, 0.05) is 25.4 Å². The van der Waals surface area contributed by atoms with E-state index in [-0.39, 0.29) is 16.7 Å². The van der Waals surface area contributed by atoms with E-state index in [0.29, 0.717) is 41.6 Å². The highest BCUT2D eigenvalue weighted by atomic mass is 16.5. The van der Waals surface area contributed by atoms with Crippen LogP contribution in [0.5, 0.6) is 0 Å². The van der Waals surface area contributed by atoms with E-state index in [4.69, 9.17) is 4.74 Å². The lowest BCUT2D eigenvalue weighted by atomic mass is 9.43. The first-order valence-electron chi connectivity index (χ1n) is 13.6. The maximum absolute atomic E-state index is 13.6. The van der Waals surface area contributed by atoms with Gasteiger partial charge in [-0.2, -0.15) is 5.10 Å². The maximum atomic E-state index is 13.6. The van der Waals surface area contributed by atoms with Gasteiger partial charge in [-0.1, -0.05) is 6.92 Å². The van der Waals surface area contributed by atoms with E-state index in [1.54, 1.807) is 17.1 Å². The second kappa shape index (κ2) is 8.34. The van der Waals surface area contributed by atoms with Gasteiger partial charge < -0.3 is 9.84 Å². The highest BCUT2D eigenvalue weighted by Gasteiger charge is 2.63. The van der Waals surface area contributed by atoms with Crippen LogP contribution in [0.4, 0.5) is 0 Å². The van der Waals surface area contributed by atoms with Crippen LogP contribution < -0.4 is 0 Å². The van der Waals surface area contributed by atoms with Crippen LogP contribution in [0.3, 0.4) is 0 Å². The van der Waals surface area contributed by atoms with Crippen molar-refractivity contribution >= 4 is 16.9 Å². The molecule has 0 bridgehead atoms. The molecule has 8 atom stereocenters. The van der Waals surface area contributed by atoms with Gasteiger partial charge in [0.2, 0.25) is 0 Å². The van der Waals surface area contributed by atoms with Crippen LogP contribution in [-0.4, -0.2) is 50.0 Å². The molecule has 190 valence electrons. The standard InChI is InChI=1S/C28H40N4O3/c1-26(34)10-11-28(17-35-3)18(14-26)4-5-19-20-6-7-22(27(20,2)9-8-21(19)28)24(33)16-32-15-23-25(31-32)30-13-12-29-23/h12-13,15,18-22,34H,4-11,14,16-17H2,1-3H3. The van der Waals surface area contributed by atoms with Gasteiger partial charge in [0.1, 0.15) is 5.52 Å². The molecule has 1 N–H and O–H groups in total. The lowest BCUT2D eigenvalue weighted by Crippen LogP contribution is -2.58. The van der Waals surface area contributed by atoms with Crippen LogP contribution in [0.25, 0.3) is 11.2 Å². The van der Waals surface area contributed by atoms with Crippen molar-refractivity contribution in [1.82, 2.24) is 19.7 Å². The van der Waals surface area contributed by atoms with E-state index in [1.807, 2.05) is 20.2 Å². The number of ketones is 1. The van der Waals surface area contributed by atoms with Gasteiger partial charge in [0.25, 0.3) is 0 Å². The van der Waals surface area contributed by atoms with Crippen molar-refractivity contribution in [3.05, 3.63) is 18.6 Å². The van der Waals surface area contributed by atoms with Crippen LogP contribution in [0.1, 0.15) is 71.6 Å². The Labute approximate surface area is 208 Å². The van der Waals surface area contributed by atoms with Gasteiger partial charge >= 0.3 is 0 Å². The van der Waals surface area contributed by atoms with Crippen molar-refractivity contribution in [2.75, 3.05) is 13.7 Å². The SMILES string of the molecule is COCC12CCC(C)(O)CC1CCC1C3CCC(C(=O)Cn4cc5nccnc5n4)C3(C)CCC12. The number of hydrogen-bond acceptors (Lipinski definition) is 6.